The average Bonchev–Trinajstić information content (AvgIpc) is 2.48. The van der Waals surface area contributed by atoms with Gasteiger partial charge in [-0.3, -0.25) is 4.79 Å². The van der Waals surface area contributed by atoms with Crippen LogP contribution in [0.15, 0.2) is 30.3 Å². The molecule has 0 bridgehead atoms. The number of amides is 1. The highest BCUT2D eigenvalue weighted by molar-refractivity contribution is 5.76. The standard InChI is InChI=1S/C18H28N2O/c1-15(8-9-16-6-4-3-5-7-16)14-18(21)19-17-10-12-20(2)13-11-17/h3-7,15,17H,8-14H2,1-2H3,(H,19,21). The van der Waals surface area contributed by atoms with Crippen molar-refractivity contribution < 1.29 is 4.79 Å². The predicted molar refractivity (Wildman–Crippen MR) is 87.2 cm³/mol. The van der Waals surface area contributed by atoms with Crippen LogP contribution in [0.2, 0.25) is 0 Å². The third-order valence-corrected chi connectivity index (χ3v) is 4.39. The second kappa shape index (κ2) is 8.18. The summed E-state index contributed by atoms with van der Waals surface area (Å²) in [6.07, 6.45) is 4.95. The molecule has 116 valence electrons. The first-order valence-electron chi connectivity index (χ1n) is 8.15. The van der Waals surface area contributed by atoms with Gasteiger partial charge < -0.3 is 10.2 Å². The van der Waals surface area contributed by atoms with E-state index in [-0.39, 0.29) is 5.91 Å². The van der Waals surface area contributed by atoms with Crippen molar-refractivity contribution in [3.63, 3.8) is 0 Å². The molecule has 0 radical (unpaired) electrons. The quantitative estimate of drug-likeness (QED) is 0.873. The van der Waals surface area contributed by atoms with E-state index in [9.17, 15) is 4.79 Å². The maximum Gasteiger partial charge on any atom is 0.220 e. The molecule has 0 saturated carbocycles. The van der Waals surface area contributed by atoms with Gasteiger partial charge in [0.05, 0.1) is 0 Å². The summed E-state index contributed by atoms with van der Waals surface area (Å²) in [7, 11) is 2.14. The number of rotatable bonds is 6. The number of aryl methyl sites for hydroxylation is 1. The molecule has 1 atom stereocenters. The summed E-state index contributed by atoms with van der Waals surface area (Å²) < 4.78 is 0. The van der Waals surface area contributed by atoms with Gasteiger partial charge in [0.2, 0.25) is 5.91 Å². The summed E-state index contributed by atoms with van der Waals surface area (Å²) >= 11 is 0. The van der Waals surface area contributed by atoms with Crippen LogP contribution in [-0.2, 0) is 11.2 Å². The van der Waals surface area contributed by atoms with Gasteiger partial charge in [0, 0.05) is 12.5 Å². The Labute approximate surface area is 128 Å². The fourth-order valence-electron chi connectivity index (χ4n) is 2.92. The van der Waals surface area contributed by atoms with Crippen LogP contribution in [0.1, 0.15) is 38.2 Å². The third-order valence-electron chi connectivity index (χ3n) is 4.39. The second-order valence-corrected chi connectivity index (χ2v) is 6.48. The molecule has 1 heterocycles. The van der Waals surface area contributed by atoms with E-state index >= 15 is 0 Å². The average molecular weight is 288 g/mol. The van der Waals surface area contributed by atoms with Gasteiger partial charge in [0.25, 0.3) is 0 Å². The summed E-state index contributed by atoms with van der Waals surface area (Å²) in [5.41, 5.74) is 1.36. The van der Waals surface area contributed by atoms with Gasteiger partial charge in [-0.25, -0.2) is 0 Å². The van der Waals surface area contributed by atoms with E-state index < -0.39 is 0 Å². The van der Waals surface area contributed by atoms with E-state index in [4.69, 9.17) is 0 Å². The second-order valence-electron chi connectivity index (χ2n) is 6.48. The van der Waals surface area contributed by atoms with Gasteiger partial charge in [0.15, 0.2) is 0 Å². The molecule has 3 heteroatoms. The Balaban J connectivity index is 1.65. The highest BCUT2D eigenvalue weighted by Crippen LogP contribution is 2.14. The highest BCUT2D eigenvalue weighted by atomic mass is 16.1. The van der Waals surface area contributed by atoms with Crippen LogP contribution in [0.25, 0.3) is 0 Å². The van der Waals surface area contributed by atoms with Crippen LogP contribution >= 0.6 is 0 Å². The highest BCUT2D eigenvalue weighted by Gasteiger charge is 2.19. The molecule has 1 aliphatic heterocycles. The van der Waals surface area contributed by atoms with E-state index in [1.165, 1.54) is 5.56 Å². The zero-order valence-electron chi connectivity index (χ0n) is 13.3. The molecule has 1 aromatic rings. The van der Waals surface area contributed by atoms with E-state index in [1.807, 2.05) is 6.07 Å². The molecule has 1 aliphatic rings. The molecule has 1 saturated heterocycles. The van der Waals surface area contributed by atoms with Crippen LogP contribution in [0.3, 0.4) is 0 Å². The largest absolute Gasteiger partial charge is 0.353 e. The number of piperidine rings is 1. The lowest BCUT2D eigenvalue weighted by Crippen LogP contribution is -2.43. The first-order chi connectivity index (χ1) is 10.1. The van der Waals surface area contributed by atoms with E-state index in [0.29, 0.717) is 18.4 Å². The van der Waals surface area contributed by atoms with Crippen molar-refractivity contribution in [1.82, 2.24) is 10.2 Å². The topological polar surface area (TPSA) is 32.3 Å². The molecule has 0 aliphatic carbocycles. The smallest absolute Gasteiger partial charge is 0.220 e. The van der Waals surface area contributed by atoms with Crippen molar-refractivity contribution >= 4 is 5.91 Å². The summed E-state index contributed by atoms with van der Waals surface area (Å²) in [6, 6.07) is 10.9. The Bertz CT molecular complexity index is 424. The Kier molecular flexibility index (Phi) is 6.24. The number of nitrogens with zero attached hydrogens (tertiary/aromatic N) is 1. The molecule has 1 unspecified atom stereocenters. The van der Waals surface area contributed by atoms with Crippen LogP contribution < -0.4 is 5.32 Å². The van der Waals surface area contributed by atoms with Crippen molar-refractivity contribution in [3.05, 3.63) is 35.9 Å². The zero-order valence-corrected chi connectivity index (χ0v) is 13.3. The molecule has 0 spiro atoms. The minimum atomic E-state index is 0.227. The molecule has 1 amide bonds. The van der Waals surface area contributed by atoms with Crippen molar-refractivity contribution in [2.75, 3.05) is 20.1 Å². The van der Waals surface area contributed by atoms with Crippen molar-refractivity contribution in [1.29, 1.82) is 0 Å². The maximum atomic E-state index is 12.1. The first-order valence-corrected chi connectivity index (χ1v) is 8.15. The van der Waals surface area contributed by atoms with Crippen LogP contribution in [0.4, 0.5) is 0 Å². The van der Waals surface area contributed by atoms with Gasteiger partial charge in [-0.15, -0.1) is 0 Å². The fourth-order valence-corrected chi connectivity index (χ4v) is 2.92. The molecule has 1 fully saturated rings. The lowest BCUT2D eigenvalue weighted by molar-refractivity contribution is -0.122. The number of nitrogens with one attached hydrogen (secondary N) is 1. The van der Waals surface area contributed by atoms with Crippen molar-refractivity contribution in [2.45, 2.75) is 45.1 Å². The Hall–Kier alpha value is -1.35. The van der Waals surface area contributed by atoms with Gasteiger partial charge in [0.1, 0.15) is 0 Å². The number of hydrogen-bond acceptors (Lipinski definition) is 2. The number of hydrogen-bond donors (Lipinski definition) is 1. The van der Waals surface area contributed by atoms with Crippen molar-refractivity contribution in [2.24, 2.45) is 5.92 Å². The number of carbonyl (C=O) groups is 1. The molecular formula is C18H28N2O. The van der Waals surface area contributed by atoms with Crippen LogP contribution in [-0.4, -0.2) is 37.0 Å². The predicted octanol–water partition coefficient (Wildman–Crippen LogP) is 2.86. The molecule has 1 N–H and O–H groups in total. The summed E-state index contributed by atoms with van der Waals surface area (Å²) in [6.45, 7) is 4.36. The van der Waals surface area contributed by atoms with Crippen LogP contribution in [0.5, 0.6) is 0 Å². The minimum Gasteiger partial charge on any atom is -0.353 e. The zero-order chi connectivity index (χ0) is 15.1. The lowest BCUT2D eigenvalue weighted by atomic mass is 9.97. The molecule has 1 aromatic carbocycles. The summed E-state index contributed by atoms with van der Waals surface area (Å²) in [5, 5.41) is 3.20. The SMILES string of the molecule is CC(CCc1ccccc1)CC(=O)NC1CCN(C)CC1. The fraction of sp³-hybridized carbons (Fsp3) is 0.611. The van der Waals surface area contributed by atoms with Gasteiger partial charge in [-0.2, -0.15) is 0 Å². The summed E-state index contributed by atoms with van der Waals surface area (Å²) in [5.74, 6) is 0.668. The normalized spacial score (nSPS) is 18.4. The number of likely N-dealkylation sites (tertiary alicyclic amines) is 1. The van der Waals surface area contributed by atoms with Gasteiger partial charge >= 0.3 is 0 Å². The molecule has 3 nitrogen and oxygen atoms in total. The molecule has 0 aromatic heterocycles. The number of carbonyl (C=O) groups excluding carboxylic acids is 1. The molecule has 2 rings (SSSR count). The Morgan fingerprint density at radius 2 is 1.95 bits per heavy atom. The first kappa shape index (κ1) is 16.0. The molecule has 21 heavy (non-hydrogen) atoms. The van der Waals surface area contributed by atoms with E-state index in [2.05, 4.69) is 48.5 Å². The van der Waals surface area contributed by atoms with Gasteiger partial charge in [-0.1, -0.05) is 37.3 Å². The Morgan fingerprint density at radius 3 is 2.62 bits per heavy atom. The lowest BCUT2D eigenvalue weighted by Gasteiger charge is -2.29. The third kappa shape index (κ3) is 5.88. The minimum absolute atomic E-state index is 0.227. The van der Waals surface area contributed by atoms with Crippen molar-refractivity contribution in [3.8, 4) is 0 Å². The Morgan fingerprint density at radius 1 is 1.29 bits per heavy atom. The number of benzene rings is 1. The van der Waals surface area contributed by atoms with Gasteiger partial charge in [-0.05, 0) is 57.3 Å². The molecular weight excluding hydrogens is 260 g/mol. The van der Waals surface area contributed by atoms with E-state index in [1.54, 1.807) is 0 Å². The monoisotopic (exact) mass is 288 g/mol. The maximum absolute atomic E-state index is 12.1. The summed E-state index contributed by atoms with van der Waals surface area (Å²) in [4.78, 5) is 14.4. The van der Waals surface area contributed by atoms with Crippen LogP contribution in [0, 0.1) is 5.92 Å². The van der Waals surface area contributed by atoms with E-state index in [0.717, 1.165) is 38.8 Å².